The highest BCUT2D eigenvalue weighted by molar-refractivity contribution is 9.09. The van der Waals surface area contributed by atoms with E-state index in [0.29, 0.717) is 5.41 Å². The molecule has 0 N–H and O–H groups in total. The minimum absolute atomic E-state index is 0.516. The summed E-state index contributed by atoms with van der Waals surface area (Å²) in [5.41, 5.74) is 0.516. The highest BCUT2D eigenvalue weighted by Gasteiger charge is 2.31. The molecule has 0 aliphatic carbocycles. The topological polar surface area (TPSA) is 3.24 Å². The van der Waals surface area contributed by atoms with E-state index in [4.69, 9.17) is 0 Å². The molecule has 0 aromatic rings. The van der Waals surface area contributed by atoms with Gasteiger partial charge in [0.05, 0.1) is 0 Å². The molecule has 1 aliphatic heterocycles. The summed E-state index contributed by atoms with van der Waals surface area (Å²) in [5, 5.41) is 1.17. The van der Waals surface area contributed by atoms with Crippen LogP contribution in [0.2, 0.25) is 0 Å². The molecule has 2 heteroatoms. The van der Waals surface area contributed by atoms with Crippen molar-refractivity contribution in [1.82, 2.24) is 4.90 Å². The maximum absolute atomic E-state index is 3.81. The van der Waals surface area contributed by atoms with Gasteiger partial charge in [-0.2, -0.15) is 0 Å². The summed E-state index contributed by atoms with van der Waals surface area (Å²) in [6.45, 7) is 9.73. The number of alkyl halides is 1. The molecule has 0 amide bonds. The summed E-state index contributed by atoms with van der Waals surface area (Å²) in [4.78, 5) is 2.78. The van der Waals surface area contributed by atoms with Crippen molar-refractivity contribution in [3.05, 3.63) is 0 Å². The van der Waals surface area contributed by atoms with Gasteiger partial charge in [-0.05, 0) is 44.6 Å². The fraction of sp³-hybridized carbons (Fsp3) is 1.00. The van der Waals surface area contributed by atoms with Gasteiger partial charge in [-0.1, -0.05) is 55.5 Å². The average molecular weight is 318 g/mol. The molecular formula is C16H32BrN. The quantitative estimate of drug-likeness (QED) is 0.581. The summed E-state index contributed by atoms with van der Waals surface area (Å²) in [6, 6.07) is 0.791. The molecule has 1 unspecified atom stereocenters. The van der Waals surface area contributed by atoms with Crippen molar-refractivity contribution in [2.45, 2.75) is 78.2 Å². The van der Waals surface area contributed by atoms with Crippen molar-refractivity contribution in [3.63, 3.8) is 0 Å². The van der Waals surface area contributed by atoms with E-state index >= 15 is 0 Å². The first-order chi connectivity index (χ1) is 8.67. The fourth-order valence-electron chi connectivity index (χ4n) is 3.52. The molecule has 1 rings (SSSR count). The Labute approximate surface area is 123 Å². The van der Waals surface area contributed by atoms with Gasteiger partial charge in [-0.3, -0.25) is 0 Å². The van der Waals surface area contributed by atoms with Crippen LogP contribution >= 0.6 is 15.9 Å². The van der Waals surface area contributed by atoms with Crippen molar-refractivity contribution in [2.75, 3.05) is 18.4 Å². The first-order valence-electron chi connectivity index (χ1n) is 7.97. The minimum Gasteiger partial charge on any atom is -0.300 e. The maximum atomic E-state index is 3.81. The molecule has 1 aliphatic rings. The number of hydrogen-bond donors (Lipinski definition) is 0. The first kappa shape index (κ1) is 16.5. The Bertz CT molecular complexity index is 211. The van der Waals surface area contributed by atoms with Gasteiger partial charge < -0.3 is 4.90 Å². The zero-order chi connectivity index (χ0) is 13.4. The van der Waals surface area contributed by atoms with Crippen LogP contribution in [0.5, 0.6) is 0 Å². The van der Waals surface area contributed by atoms with Crippen LogP contribution in [0.25, 0.3) is 0 Å². The summed E-state index contributed by atoms with van der Waals surface area (Å²) >= 11 is 3.81. The van der Waals surface area contributed by atoms with Gasteiger partial charge in [0.1, 0.15) is 0 Å². The van der Waals surface area contributed by atoms with E-state index in [9.17, 15) is 0 Å². The number of rotatable bonds is 7. The number of likely N-dealkylation sites (tertiary alicyclic amines) is 1. The lowest BCUT2D eigenvalue weighted by atomic mass is 9.80. The average Bonchev–Trinajstić information content (AvgIpc) is 2.55. The lowest BCUT2D eigenvalue weighted by Gasteiger charge is -2.39. The van der Waals surface area contributed by atoms with Crippen LogP contribution in [0.4, 0.5) is 0 Å². The molecule has 108 valence electrons. The Kier molecular flexibility index (Phi) is 7.86. The number of halogens is 1. The zero-order valence-electron chi connectivity index (χ0n) is 12.7. The summed E-state index contributed by atoms with van der Waals surface area (Å²) in [5.74, 6) is 0. The van der Waals surface area contributed by atoms with Gasteiger partial charge >= 0.3 is 0 Å². The second-order valence-electron chi connectivity index (χ2n) is 6.30. The molecule has 0 saturated carbocycles. The molecule has 0 bridgehead atoms. The van der Waals surface area contributed by atoms with Gasteiger partial charge in [0.2, 0.25) is 0 Å². The van der Waals surface area contributed by atoms with E-state index in [1.54, 1.807) is 0 Å². The van der Waals surface area contributed by atoms with E-state index in [1.165, 1.54) is 69.8 Å². The van der Waals surface area contributed by atoms with E-state index in [0.717, 1.165) is 6.04 Å². The normalized spacial score (nSPS) is 23.0. The van der Waals surface area contributed by atoms with Gasteiger partial charge in [0, 0.05) is 17.9 Å². The van der Waals surface area contributed by atoms with Crippen LogP contribution in [0.3, 0.4) is 0 Å². The van der Waals surface area contributed by atoms with Crippen molar-refractivity contribution in [3.8, 4) is 0 Å². The largest absolute Gasteiger partial charge is 0.300 e. The van der Waals surface area contributed by atoms with E-state index in [-0.39, 0.29) is 0 Å². The monoisotopic (exact) mass is 317 g/mol. The molecule has 1 saturated heterocycles. The highest BCUT2D eigenvalue weighted by atomic mass is 79.9. The molecule has 0 aromatic carbocycles. The Balaban J connectivity index is 2.67. The van der Waals surface area contributed by atoms with Crippen LogP contribution in [0.15, 0.2) is 0 Å². The van der Waals surface area contributed by atoms with Gasteiger partial charge in [0.25, 0.3) is 0 Å². The lowest BCUT2D eigenvalue weighted by Crippen LogP contribution is -2.43. The van der Waals surface area contributed by atoms with Crippen molar-refractivity contribution >= 4 is 15.9 Å². The maximum Gasteiger partial charge on any atom is 0.0100 e. The molecule has 18 heavy (non-hydrogen) atoms. The van der Waals surface area contributed by atoms with Crippen LogP contribution in [-0.4, -0.2) is 29.4 Å². The molecule has 1 atom stereocenters. The Morgan fingerprint density at radius 3 is 2.33 bits per heavy atom. The Morgan fingerprint density at radius 1 is 1.11 bits per heavy atom. The van der Waals surface area contributed by atoms with E-state index in [2.05, 4.69) is 41.6 Å². The van der Waals surface area contributed by atoms with E-state index in [1.807, 2.05) is 0 Å². The molecule has 1 nitrogen and oxygen atoms in total. The molecule has 0 spiro atoms. The molecule has 1 heterocycles. The predicted molar refractivity (Wildman–Crippen MR) is 85.5 cm³/mol. The lowest BCUT2D eigenvalue weighted by molar-refractivity contribution is 0.116. The summed E-state index contributed by atoms with van der Waals surface area (Å²) < 4.78 is 0. The van der Waals surface area contributed by atoms with Gasteiger partial charge in [0.15, 0.2) is 0 Å². The highest BCUT2D eigenvalue weighted by Crippen LogP contribution is 2.34. The fourth-order valence-corrected chi connectivity index (χ4v) is 4.26. The first-order valence-corrected chi connectivity index (χ1v) is 9.09. The van der Waals surface area contributed by atoms with Crippen LogP contribution in [-0.2, 0) is 0 Å². The second-order valence-corrected chi connectivity index (χ2v) is 6.86. The molecular weight excluding hydrogens is 286 g/mol. The van der Waals surface area contributed by atoms with Crippen LogP contribution in [0, 0.1) is 5.41 Å². The van der Waals surface area contributed by atoms with Crippen molar-refractivity contribution < 1.29 is 0 Å². The minimum atomic E-state index is 0.516. The smallest absolute Gasteiger partial charge is 0.0100 e. The van der Waals surface area contributed by atoms with Gasteiger partial charge in [-0.25, -0.2) is 0 Å². The Morgan fingerprint density at radius 2 is 1.78 bits per heavy atom. The van der Waals surface area contributed by atoms with Crippen molar-refractivity contribution in [2.24, 2.45) is 5.41 Å². The SMILES string of the molecule is CCCC(CBr)(CCC)CN1CCCCCC1C. The van der Waals surface area contributed by atoms with Crippen LogP contribution < -0.4 is 0 Å². The third-order valence-electron chi connectivity index (χ3n) is 4.57. The Hall–Kier alpha value is 0.440. The summed E-state index contributed by atoms with van der Waals surface area (Å²) in [6.07, 6.45) is 11.0. The second kappa shape index (κ2) is 8.58. The standard InChI is InChI=1S/C16H32BrN/c1-4-10-16(13-17,11-5-2)14-18-12-8-6-7-9-15(18)3/h15H,4-14H2,1-3H3. The van der Waals surface area contributed by atoms with Crippen LogP contribution in [0.1, 0.15) is 72.1 Å². The van der Waals surface area contributed by atoms with Gasteiger partial charge in [-0.15, -0.1) is 0 Å². The molecule has 0 aromatic heterocycles. The third-order valence-corrected chi connectivity index (χ3v) is 5.76. The van der Waals surface area contributed by atoms with Crippen molar-refractivity contribution in [1.29, 1.82) is 0 Å². The molecule has 0 radical (unpaired) electrons. The number of hydrogen-bond acceptors (Lipinski definition) is 1. The summed E-state index contributed by atoms with van der Waals surface area (Å²) in [7, 11) is 0. The zero-order valence-corrected chi connectivity index (χ0v) is 14.3. The number of nitrogens with zero attached hydrogens (tertiary/aromatic N) is 1. The third kappa shape index (κ3) is 4.85. The molecule has 1 fully saturated rings. The van der Waals surface area contributed by atoms with E-state index < -0.39 is 0 Å². The predicted octanol–water partition coefficient (Wildman–Crippen LogP) is 5.23.